The minimum Gasteiger partial charge on any atom is -0.493 e. The SMILES string of the molecule is CN(C)Cc1cc(OCCC(O)CO)cc(OCCC(O)CN=O)c1. The van der Waals surface area contributed by atoms with Crippen molar-refractivity contribution in [2.24, 2.45) is 5.18 Å². The fourth-order valence-electron chi connectivity index (χ4n) is 2.15. The summed E-state index contributed by atoms with van der Waals surface area (Å²) in [4.78, 5) is 12.1. The lowest BCUT2D eigenvalue weighted by atomic mass is 10.2. The van der Waals surface area contributed by atoms with Crippen LogP contribution in [0.25, 0.3) is 0 Å². The summed E-state index contributed by atoms with van der Waals surface area (Å²) in [6.45, 7) is 0.785. The monoisotopic (exact) mass is 356 g/mol. The summed E-state index contributed by atoms with van der Waals surface area (Å²) < 4.78 is 11.3. The van der Waals surface area contributed by atoms with Gasteiger partial charge in [-0.25, -0.2) is 0 Å². The van der Waals surface area contributed by atoms with Gasteiger partial charge in [0.1, 0.15) is 18.0 Å². The first-order valence-electron chi connectivity index (χ1n) is 8.25. The van der Waals surface area contributed by atoms with E-state index in [0.717, 1.165) is 5.56 Å². The summed E-state index contributed by atoms with van der Waals surface area (Å²) in [5.41, 5.74) is 0.996. The van der Waals surface area contributed by atoms with Crippen LogP contribution in [0.1, 0.15) is 18.4 Å². The van der Waals surface area contributed by atoms with Gasteiger partial charge in [0.05, 0.1) is 32.0 Å². The van der Waals surface area contributed by atoms with Crippen molar-refractivity contribution in [3.05, 3.63) is 28.7 Å². The van der Waals surface area contributed by atoms with Crippen LogP contribution in [0.15, 0.2) is 23.4 Å². The highest BCUT2D eigenvalue weighted by Gasteiger charge is 2.08. The average Bonchev–Trinajstić information content (AvgIpc) is 2.54. The highest BCUT2D eigenvalue weighted by Crippen LogP contribution is 2.24. The summed E-state index contributed by atoms with van der Waals surface area (Å²) in [5, 5.41) is 30.3. The van der Waals surface area contributed by atoms with Crippen molar-refractivity contribution < 1.29 is 24.8 Å². The van der Waals surface area contributed by atoms with Gasteiger partial charge in [-0.15, -0.1) is 0 Å². The van der Waals surface area contributed by atoms with E-state index >= 15 is 0 Å². The number of ether oxygens (including phenoxy) is 2. The maximum absolute atomic E-state index is 10.1. The van der Waals surface area contributed by atoms with E-state index in [1.807, 2.05) is 31.1 Å². The Labute approximate surface area is 148 Å². The largest absolute Gasteiger partial charge is 0.493 e. The Balaban J connectivity index is 2.67. The van der Waals surface area contributed by atoms with Gasteiger partial charge in [0.15, 0.2) is 0 Å². The molecule has 0 saturated heterocycles. The first kappa shape index (κ1) is 21.3. The van der Waals surface area contributed by atoms with Crippen LogP contribution in [0.5, 0.6) is 11.5 Å². The summed E-state index contributed by atoms with van der Waals surface area (Å²) in [6.07, 6.45) is -0.968. The molecule has 0 saturated carbocycles. The van der Waals surface area contributed by atoms with Crippen molar-refractivity contribution in [1.82, 2.24) is 4.90 Å². The molecule has 8 heteroatoms. The summed E-state index contributed by atoms with van der Waals surface area (Å²) >= 11 is 0. The molecular weight excluding hydrogens is 328 g/mol. The van der Waals surface area contributed by atoms with Crippen molar-refractivity contribution in [2.75, 3.05) is 40.5 Å². The fraction of sp³-hybridized carbons (Fsp3) is 0.647. The van der Waals surface area contributed by atoms with E-state index in [0.29, 0.717) is 30.9 Å². The van der Waals surface area contributed by atoms with Gasteiger partial charge in [-0.05, 0) is 31.8 Å². The van der Waals surface area contributed by atoms with E-state index < -0.39 is 12.2 Å². The molecule has 0 amide bonds. The third-order valence-electron chi connectivity index (χ3n) is 3.37. The van der Waals surface area contributed by atoms with Crippen molar-refractivity contribution in [1.29, 1.82) is 0 Å². The Hall–Kier alpha value is -1.74. The number of rotatable bonds is 13. The van der Waals surface area contributed by atoms with Gasteiger partial charge in [0.2, 0.25) is 0 Å². The van der Waals surface area contributed by atoms with Crippen LogP contribution in [0.2, 0.25) is 0 Å². The zero-order valence-corrected chi connectivity index (χ0v) is 14.8. The molecule has 1 aromatic rings. The van der Waals surface area contributed by atoms with Crippen LogP contribution < -0.4 is 9.47 Å². The lowest BCUT2D eigenvalue weighted by molar-refractivity contribution is 0.0753. The number of nitrogens with zero attached hydrogens (tertiary/aromatic N) is 2. The van der Waals surface area contributed by atoms with Gasteiger partial charge in [-0.2, -0.15) is 4.91 Å². The quantitative estimate of drug-likeness (QED) is 0.448. The number of nitroso groups, excluding NO2 is 1. The van der Waals surface area contributed by atoms with Crippen LogP contribution in [0.4, 0.5) is 0 Å². The molecule has 0 aromatic heterocycles. The lowest BCUT2D eigenvalue weighted by Gasteiger charge is -2.16. The van der Waals surface area contributed by atoms with Crippen LogP contribution in [-0.4, -0.2) is 72.9 Å². The predicted octanol–water partition coefficient (Wildman–Crippen LogP) is 0.766. The predicted molar refractivity (Wildman–Crippen MR) is 93.8 cm³/mol. The summed E-state index contributed by atoms with van der Waals surface area (Å²) in [7, 11) is 3.91. The van der Waals surface area contributed by atoms with Crippen molar-refractivity contribution in [3.8, 4) is 11.5 Å². The Morgan fingerprint density at radius 1 is 1.04 bits per heavy atom. The molecule has 3 N–H and O–H groups in total. The molecular formula is C17H28N2O6. The zero-order valence-electron chi connectivity index (χ0n) is 14.8. The van der Waals surface area contributed by atoms with Crippen LogP contribution in [0.3, 0.4) is 0 Å². The molecule has 25 heavy (non-hydrogen) atoms. The van der Waals surface area contributed by atoms with Crippen LogP contribution in [0, 0.1) is 4.91 Å². The number of benzene rings is 1. The number of hydrogen-bond acceptors (Lipinski definition) is 8. The molecule has 0 fully saturated rings. The standard InChI is InChI=1S/C17H28N2O6/c1-19(2)11-13-7-16(24-5-3-14(21)10-18-23)9-17(8-13)25-6-4-15(22)12-20/h7-9,14-15,20-22H,3-6,10-12H2,1-2H3. The summed E-state index contributed by atoms with van der Waals surface area (Å²) in [6, 6.07) is 5.51. The number of hydrogen-bond donors (Lipinski definition) is 3. The maximum Gasteiger partial charge on any atom is 0.123 e. The van der Waals surface area contributed by atoms with Gasteiger partial charge in [-0.1, -0.05) is 5.18 Å². The van der Waals surface area contributed by atoms with Crippen LogP contribution in [-0.2, 0) is 6.54 Å². The van der Waals surface area contributed by atoms with Gasteiger partial charge in [0, 0.05) is 25.5 Å². The molecule has 0 aliphatic rings. The molecule has 142 valence electrons. The molecule has 1 aromatic carbocycles. The van der Waals surface area contributed by atoms with E-state index in [2.05, 4.69) is 5.18 Å². The highest BCUT2D eigenvalue weighted by atomic mass is 16.5. The van der Waals surface area contributed by atoms with Crippen LogP contribution >= 0.6 is 0 Å². The van der Waals surface area contributed by atoms with Gasteiger partial charge < -0.3 is 29.7 Å². The average molecular weight is 356 g/mol. The first-order chi connectivity index (χ1) is 11.9. The molecule has 1 rings (SSSR count). The number of aliphatic hydroxyl groups excluding tert-OH is 3. The number of aliphatic hydroxyl groups is 3. The summed E-state index contributed by atoms with van der Waals surface area (Å²) in [5.74, 6) is 1.21. The maximum atomic E-state index is 10.1. The minimum absolute atomic E-state index is 0.147. The Morgan fingerprint density at radius 2 is 1.60 bits per heavy atom. The zero-order chi connectivity index (χ0) is 18.7. The fourth-order valence-corrected chi connectivity index (χ4v) is 2.15. The molecule has 0 spiro atoms. The molecule has 0 heterocycles. The molecule has 2 atom stereocenters. The molecule has 0 aliphatic heterocycles. The van der Waals surface area contributed by atoms with E-state index in [1.165, 1.54) is 0 Å². The van der Waals surface area contributed by atoms with Gasteiger partial charge in [0.25, 0.3) is 0 Å². The topological polar surface area (TPSA) is 112 Å². The van der Waals surface area contributed by atoms with Gasteiger partial charge >= 0.3 is 0 Å². The molecule has 0 bridgehead atoms. The van der Waals surface area contributed by atoms with E-state index in [9.17, 15) is 15.1 Å². The highest BCUT2D eigenvalue weighted by molar-refractivity contribution is 5.38. The van der Waals surface area contributed by atoms with E-state index in [-0.39, 0.29) is 26.4 Å². The Kier molecular flexibility index (Phi) is 10.0. The Morgan fingerprint density at radius 3 is 2.08 bits per heavy atom. The van der Waals surface area contributed by atoms with Crippen molar-refractivity contribution in [2.45, 2.75) is 31.6 Å². The second kappa shape index (κ2) is 11.8. The van der Waals surface area contributed by atoms with E-state index in [1.54, 1.807) is 6.07 Å². The minimum atomic E-state index is -0.807. The van der Waals surface area contributed by atoms with Crippen molar-refractivity contribution in [3.63, 3.8) is 0 Å². The molecule has 8 nitrogen and oxygen atoms in total. The normalized spacial score (nSPS) is 13.5. The first-order valence-corrected chi connectivity index (χ1v) is 8.25. The lowest BCUT2D eigenvalue weighted by Crippen LogP contribution is -2.16. The third kappa shape index (κ3) is 9.35. The smallest absolute Gasteiger partial charge is 0.123 e. The van der Waals surface area contributed by atoms with Gasteiger partial charge in [-0.3, -0.25) is 0 Å². The second-order valence-corrected chi connectivity index (χ2v) is 6.13. The second-order valence-electron chi connectivity index (χ2n) is 6.13. The van der Waals surface area contributed by atoms with Crippen molar-refractivity contribution >= 4 is 0 Å². The Bertz CT molecular complexity index is 512. The third-order valence-corrected chi connectivity index (χ3v) is 3.37. The van der Waals surface area contributed by atoms with E-state index in [4.69, 9.17) is 14.6 Å². The molecule has 0 radical (unpaired) electrons. The molecule has 0 aliphatic carbocycles. The molecule has 2 unspecified atom stereocenters.